The van der Waals surface area contributed by atoms with Crippen molar-refractivity contribution in [1.82, 2.24) is 0 Å². The molecule has 2 nitrogen and oxygen atoms in total. The molecule has 0 unspecified atom stereocenters. The lowest BCUT2D eigenvalue weighted by atomic mass is 10.2. The third kappa shape index (κ3) is 3.88. The average Bonchev–Trinajstić information content (AvgIpc) is 2.74. The fourth-order valence-electron chi connectivity index (χ4n) is 1.83. The first kappa shape index (κ1) is 15.4. The Kier molecular flexibility index (Phi) is 6.80. The summed E-state index contributed by atoms with van der Waals surface area (Å²) < 4.78 is 11.6. The molecular weight excluding hydrogens is 236 g/mol. The molecule has 19 heavy (non-hydrogen) atoms. The molecule has 1 aliphatic carbocycles. The highest BCUT2D eigenvalue weighted by atomic mass is 16.6. The standard InChI is InChI=1S/C13H12O2.2C2H6/c1-2-6-10-11(7-3-1)15-13-9-5-4-8-12(13)14-10;2*1-2/h4-9H,1-3H2;2*1-2H3. The molecule has 0 radical (unpaired) electrons. The van der Waals surface area contributed by atoms with Crippen LogP contribution in [0.4, 0.5) is 0 Å². The van der Waals surface area contributed by atoms with Gasteiger partial charge in [-0.1, -0.05) is 39.8 Å². The van der Waals surface area contributed by atoms with Gasteiger partial charge in [0.05, 0.1) is 0 Å². The monoisotopic (exact) mass is 260 g/mol. The molecule has 0 aromatic heterocycles. The van der Waals surface area contributed by atoms with Gasteiger partial charge in [0, 0.05) is 0 Å². The van der Waals surface area contributed by atoms with Gasteiger partial charge in [0.25, 0.3) is 0 Å². The number of hydrogen-bond donors (Lipinski definition) is 0. The Morgan fingerprint density at radius 2 is 1.16 bits per heavy atom. The number of ether oxygens (including phenoxy) is 2. The largest absolute Gasteiger partial charge is 0.450 e. The third-order valence-electron chi connectivity index (χ3n) is 2.60. The number of benzene rings is 1. The molecule has 0 saturated heterocycles. The predicted molar refractivity (Wildman–Crippen MR) is 80.4 cm³/mol. The minimum absolute atomic E-state index is 0.808. The summed E-state index contributed by atoms with van der Waals surface area (Å²) in [4.78, 5) is 0. The van der Waals surface area contributed by atoms with E-state index in [1.807, 2.05) is 52.0 Å². The SMILES string of the molecule is C1=C2Oc3ccccc3OC2=CCCC1.CC.CC. The number of hydrogen-bond acceptors (Lipinski definition) is 2. The van der Waals surface area contributed by atoms with Gasteiger partial charge < -0.3 is 9.47 Å². The fourth-order valence-corrected chi connectivity index (χ4v) is 1.83. The molecule has 0 amide bonds. The summed E-state index contributed by atoms with van der Waals surface area (Å²) >= 11 is 0. The Balaban J connectivity index is 0.000000415. The number of para-hydroxylation sites is 2. The second-order valence-electron chi connectivity index (χ2n) is 3.72. The summed E-state index contributed by atoms with van der Waals surface area (Å²) in [6, 6.07) is 7.76. The van der Waals surface area contributed by atoms with Crippen molar-refractivity contribution in [2.24, 2.45) is 0 Å². The normalized spacial score (nSPS) is 15.2. The van der Waals surface area contributed by atoms with Crippen molar-refractivity contribution in [2.75, 3.05) is 0 Å². The second-order valence-corrected chi connectivity index (χ2v) is 3.72. The molecule has 0 spiro atoms. The zero-order chi connectivity index (χ0) is 14.1. The highest BCUT2D eigenvalue weighted by Crippen LogP contribution is 2.37. The van der Waals surface area contributed by atoms with Crippen molar-refractivity contribution in [3.8, 4) is 11.5 Å². The van der Waals surface area contributed by atoms with Crippen LogP contribution in [0.15, 0.2) is 47.9 Å². The number of rotatable bonds is 0. The van der Waals surface area contributed by atoms with E-state index in [9.17, 15) is 0 Å². The smallest absolute Gasteiger partial charge is 0.170 e. The Bertz CT molecular complexity index is 403. The minimum Gasteiger partial charge on any atom is -0.450 e. The van der Waals surface area contributed by atoms with Crippen LogP contribution in [-0.4, -0.2) is 0 Å². The molecule has 2 heteroatoms. The van der Waals surface area contributed by atoms with Gasteiger partial charge in [-0.15, -0.1) is 0 Å². The molecule has 1 aromatic rings. The van der Waals surface area contributed by atoms with E-state index in [1.54, 1.807) is 0 Å². The Morgan fingerprint density at radius 3 is 1.58 bits per heavy atom. The highest BCUT2D eigenvalue weighted by Gasteiger charge is 2.21. The first-order chi connectivity index (χ1) is 9.43. The van der Waals surface area contributed by atoms with Crippen molar-refractivity contribution >= 4 is 0 Å². The van der Waals surface area contributed by atoms with E-state index in [0.717, 1.165) is 42.3 Å². The van der Waals surface area contributed by atoms with Crippen LogP contribution in [0.1, 0.15) is 47.0 Å². The molecule has 1 heterocycles. The first-order valence-electron chi connectivity index (χ1n) is 7.29. The summed E-state index contributed by atoms with van der Waals surface area (Å²) in [6.07, 6.45) is 7.49. The first-order valence-corrected chi connectivity index (χ1v) is 7.29. The van der Waals surface area contributed by atoms with Gasteiger partial charge in [-0.05, 0) is 43.5 Å². The molecule has 0 saturated carbocycles. The highest BCUT2D eigenvalue weighted by molar-refractivity contribution is 5.47. The summed E-state index contributed by atoms with van der Waals surface area (Å²) in [6.45, 7) is 8.00. The number of allylic oxidation sites excluding steroid dienone is 2. The Hall–Kier alpha value is -1.70. The van der Waals surface area contributed by atoms with Crippen LogP contribution < -0.4 is 9.47 Å². The Morgan fingerprint density at radius 1 is 0.737 bits per heavy atom. The van der Waals surface area contributed by atoms with Crippen LogP contribution in [0.5, 0.6) is 11.5 Å². The van der Waals surface area contributed by atoms with Crippen molar-refractivity contribution in [1.29, 1.82) is 0 Å². The molecule has 104 valence electrons. The summed E-state index contributed by atoms with van der Waals surface area (Å²) in [5, 5.41) is 0. The van der Waals surface area contributed by atoms with E-state index in [0.29, 0.717) is 0 Å². The van der Waals surface area contributed by atoms with Crippen molar-refractivity contribution in [3.05, 3.63) is 47.9 Å². The maximum atomic E-state index is 5.78. The maximum absolute atomic E-state index is 5.78. The van der Waals surface area contributed by atoms with Crippen LogP contribution in [0.2, 0.25) is 0 Å². The molecule has 0 N–H and O–H groups in total. The van der Waals surface area contributed by atoms with Gasteiger partial charge in [-0.3, -0.25) is 0 Å². The van der Waals surface area contributed by atoms with E-state index < -0.39 is 0 Å². The van der Waals surface area contributed by atoms with E-state index in [4.69, 9.17) is 9.47 Å². The fraction of sp³-hybridized carbons (Fsp3) is 0.412. The average molecular weight is 260 g/mol. The van der Waals surface area contributed by atoms with E-state index in [2.05, 4.69) is 12.2 Å². The van der Waals surface area contributed by atoms with Gasteiger partial charge in [-0.2, -0.15) is 0 Å². The van der Waals surface area contributed by atoms with Crippen molar-refractivity contribution < 1.29 is 9.47 Å². The summed E-state index contributed by atoms with van der Waals surface area (Å²) in [5.41, 5.74) is 0. The van der Waals surface area contributed by atoms with Crippen LogP contribution >= 0.6 is 0 Å². The van der Waals surface area contributed by atoms with Crippen molar-refractivity contribution in [2.45, 2.75) is 47.0 Å². The van der Waals surface area contributed by atoms with Gasteiger partial charge in [0.2, 0.25) is 0 Å². The third-order valence-corrected chi connectivity index (χ3v) is 2.60. The lowest BCUT2D eigenvalue weighted by molar-refractivity contribution is 0.293. The van der Waals surface area contributed by atoms with Crippen LogP contribution in [-0.2, 0) is 0 Å². The molecule has 3 rings (SSSR count). The van der Waals surface area contributed by atoms with Gasteiger partial charge in [0.1, 0.15) is 0 Å². The molecule has 0 bridgehead atoms. The van der Waals surface area contributed by atoms with E-state index in [1.165, 1.54) is 0 Å². The molecule has 1 aromatic carbocycles. The molecule has 2 aliphatic rings. The lowest BCUT2D eigenvalue weighted by Gasteiger charge is -2.21. The van der Waals surface area contributed by atoms with Crippen LogP contribution in [0.25, 0.3) is 0 Å². The van der Waals surface area contributed by atoms with Gasteiger partial charge >= 0.3 is 0 Å². The van der Waals surface area contributed by atoms with Gasteiger partial charge in [0.15, 0.2) is 23.0 Å². The predicted octanol–water partition coefficient (Wildman–Crippen LogP) is 5.46. The zero-order valence-corrected chi connectivity index (χ0v) is 12.4. The van der Waals surface area contributed by atoms with Crippen molar-refractivity contribution in [3.63, 3.8) is 0 Å². The molecule has 0 fully saturated rings. The number of fused-ring (bicyclic) bond motifs is 2. The molecule has 1 aliphatic heterocycles. The van der Waals surface area contributed by atoms with E-state index >= 15 is 0 Å². The lowest BCUT2D eigenvalue weighted by Crippen LogP contribution is -2.11. The summed E-state index contributed by atoms with van der Waals surface area (Å²) in [5.74, 6) is 3.35. The topological polar surface area (TPSA) is 18.5 Å². The zero-order valence-electron chi connectivity index (χ0n) is 12.4. The maximum Gasteiger partial charge on any atom is 0.170 e. The van der Waals surface area contributed by atoms with Crippen LogP contribution in [0.3, 0.4) is 0 Å². The summed E-state index contributed by atoms with van der Waals surface area (Å²) in [7, 11) is 0. The quantitative estimate of drug-likeness (QED) is 0.616. The molecular formula is C17H24O2. The molecule has 0 atom stereocenters. The minimum atomic E-state index is 0.808. The van der Waals surface area contributed by atoms with Gasteiger partial charge in [-0.25, -0.2) is 0 Å². The van der Waals surface area contributed by atoms with Crippen LogP contribution in [0, 0.1) is 0 Å². The Labute approximate surface area is 116 Å². The van der Waals surface area contributed by atoms with E-state index in [-0.39, 0.29) is 0 Å². The second kappa shape index (κ2) is 8.41.